The monoisotopic (exact) mass is 227 g/mol. The van der Waals surface area contributed by atoms with Crippen LogP contribution in [0.5, 0.6) is 0 Å². The average molecular weight is 227 g/mol. The Morgan fingerprint density at radius 1 is 1.25 bits per heavy atom. The Hall–Kier alpha value is -0.0800. The maximum Gasteiger partial charge on any atom is 0.0658 e. The van der Waals surface area contributed by atoms with Gasteiger partial charge in [0, 0.05) is 18.1 Å². The molecule has 16 heavy (non-hydrogen) atoms. The van der Waals surface area contributed by atoms with Gasteiger partial charge >= 0.3 is 0 Å². The third-order valence-electron chi connectivity index (χ3n) is 4.20. The van der Waals surface area contributed by atoms with E-state index in [2.05, 4.69) is 33.0 Å². The molecule has 1 rings (SSSR count). The van der Waals surface area contributed by atoms with Gasteiger partial charge in [0.15, 0.2) is 0 Å². The Labute approximate surface area is 101 Å². The van der Waals surface area contributed by atoms with Gasteiger partial charge in [-0.2, -0.15) is 0 Å². The molecule has 0 heterocycles. The van der Waals surface area contributed by atoms with Gasteiger partial charge in [-0.15, -0.1) is 0 Å². The van der Waals surface area contributed by atoms with Gasteiger partial charge in [0.25, 0.3) is 0 Å². The van der Waals surface area contributed by atoms with E-state index < -0.39 is 0 Å². The molecule has 0 amide bonds. The maximum absolute atomic E-state index is 6.00. The normalized spacial score (nSPS) is 33.8. The van der Waals surface area contributed by atoms with Crippen LogP contribution in [0.3, 0.4) is 0 Å². The van der Waals surface area contributed by atoms with E-state index in [4.69, 9.17) is 4.74 Å². The molecule has 0 aromatic rings. The van der Waals surface area contributed by atoms with Crippen LogP contribution in [0.4, 0.5) is 0 Å². The van der Waals surface area contributed by atoms with Gasteiger partial charge in [-0.1, -0.05) is 34.1 Å². The van der Waals surface area contributed by atoms with Crippen molar-refractivity contribution in [3.8, 4) is 0 Å². The van der Waals surface area contributed by atoms with Gasteiger partial charge in [0.1, 0.15) is 0 Å². The van der Waals surface area contributed by atoms with Crippen molar-refractivity contribution in [2.45, 2.75) is 71.9 Å². The molecule has 1 saturated carbocycles. The van der Waals surface area contributed by atoms with Gasteiger partial charge in [-0.3, -0.25) is 0 Å². The maximum atomic E-state index is 6.00. The minimum atomic E-state index is 0.364. The molecular weight excluding hydrogens is 198 g/mol. The zero-order valence-electron chi connectivity index (χ0n) is 11.5. The van der Waals surface area contributed by atoms with Crippen LogP contribution in [0.15, 0.2) is 0 Å². The Kier molecular flexibility index (Phi) is 5.77. The molecular formula is C14H29NO. The van der Waals surface area contributed by atoms with Gasteiger partial charge in [-0.25, -0.2) is 0 Å². The molecule has 0 bridgehead atoms. The van der Waals surface area contributed by atoms with Crippen molar-refractivity contribution in [1.82, 2.24) is 5.32 Å². The number of rotatable bonds is 8. The van der Waals surface area contributed by atoms with Crippen molar-refractivity contribution in [3.05, 3.63) is 0 Å². The Bertz CT molecular complexity index is 195. The van der Waals surface area contributed by atoms with E-state index >= 15 is 0 Å². The molecule has 1 N–H and O–H groups in total. The lowest BCUT2D eigenvalue weighted by atomic mass is 9.61. The van der Waals surface area contributed by atoms with Crippen LogP contribution in [-0.2, 0) is 4.74 Å². The number of hydrogen-bond acceptors (Lipinski definition) is 2. The summed E-state index contributed by atoms with van der Waals surface area (Å²) in [6.07, 6.45) is 6.55. The van der Waals surface area contributed by atoms with Crippen LogP contribution in [0.2, 0.25) is 0 Å². The first-order chi connectivity index (χ1) is 7.69. The van der Waals surface area contributed by atoms with E-state index in [-0.39, 0.29) is 0 Å². The third kappa shape index (κ3) is 2.98. The van der Waals surface area contributed by atoms with Gasteiger partial charge < -0.3 is 10.1 Å². The van der Waals surface area contributed by atoms with Crippen molar-refractivity contribution < 1.29 is 4.74 Å². The van der Waals surface area contributed by atoms with Crippen LogP contribution < -0.4 is 5.32 Å². The van der Waals surface area contributed by atoms with Crippen LogP contribution in [0.25, 0.3) is 0 Å². The van der Waals surface area contributed by atoms with Crippen molar-refractivity contribution in [3.63, 3.8) is 0 Å². The Morgan fingerprint density at radius 3 is 2.56 bits per heavy atom. The fraction of sp³-hybridized carbons (Fsp3) is 1.00. The lowest BCUT2D eigenvalue weighted by molar-refractivity contribution is -0.129. The van der Waals surface area contributed by atoms with Crippen molar-refractivity contribution in [2.75, 3.05) is 13.2 Å². The summed E-state index contributed by atoms with van der Waals surface area (Å²) in [5.74, 6) is 0. The molecule has 2 nitrogen and oxygen atoms in total. The summed E-state index contributed by atoms with van der Waals surface area (Å²) in [4.78, 5) is 0. The molecule has 0 aliphatic heterocycles. The highest BCUT2D eigenvalue weighted by molar-refractivity contribution is 5.04. The molecule has 3 unspecified atom stereocenters. The van der Waals surface area contributed by atoms with E-state index in [1.165, 1.54) is 32.1 Å². The lowest BCUT2D eigenvalue weighted by Gasteiger charge is -2.54. The van der Waals surface area contributed by atoms with E-state index in [1.54, 1.807) is 0 Å². The Balaban J connectivity index is 2.33. The molecule has 1 fully saturated rings. The van der Waals surface area contributed by atoms with Gasteiger partial charge in [0.2, 0.25) is 0 Å². The minimum absolute atomic E-state index is 0.364. The summed E-state index contributed by atoms with van der Waals surface area (Å²) in [5, 5.41) is 3.65. The summed E-state index contributed by atoms with van der Waals surface area (Å²) < 4.78 is 6.00. The third-order valence-corrected chi connectivity index (χ3v) is 4.20. The minimum Gasteiger partial charge on any atom is -0.378 e. The summed E-state index contributed by atoms with van der Waals surface area (Å²) in [6.45, 7) is 11.2. The molecule has 2 heteroatoms. The van der Waals surface area contributed by atoms with Crippen LogP contribution in [0, 0.1) is 5.41 Å². The standard InChI is InChI=1S/C14H29NO/c1-5-8-10-16-13-11-12(15-9-6-2)14(13,4)7-3/h12-13,15H,5-11H2,1-4H3. The SMILES string of the molecule is CCCCOC1CC(NCCC)C1(C)CC. The average Bonchev–Trinajstić information content (AvgIpc) is 2.30. The number of unbranched alkanes of at least 4 members (excludes halogenated alkanes) is 1. The second kappa shape index (κ2) is 6.61. The highest BCUT2D eigenvalue weighted by Gasteiger charge is 2.50. The molecule has 96 valence electrons. The molecule has 1 aliphatic rings. The van der Waals surface area contributed by atoms with Crippen LogP contribution in [-0.4, -0.2) is 25.3 Å². The summed E-state index contributed by atoms with van der Waals surface area (Å²) >= 11 is 0. The highest BCUT2D eigenvalue weighted by atomic mass is 16.5. The van der Waals surface area contributed by atoms with Crippen molar-refractivity contribution in [2.24, 2.45) is 5.41 Å². The quantitative estimate of drug-likeness (QED) is 0.642. The molecule has 0 radical (unpaired) electrons. The smallest absolute Gasteiger partial charge is 0.0658 e. The van der Waals surface area contributed by atoms with Crippen LogP contribution in [0.1, 0.15) is 59.8 Å². The fourth-order valence-electron chi connectivity index (χ4n) is 2.55. The van der Waals surface area contributed by atoms with E-state index in [0.29, 0.717) is 17.6 Å². The molecule has 0 saturated heterocycles. The summed E-state index contributed by atoms with van der Waals surface area (Å²) in [6, 6.07) is 0.670. The number of ether oxygens (including phenoxy) is 1. The molecule has 1 aliphatic carbocycles. The lowest BCUT2D eigenvalue weighted by Crippen LogP contribution is -2.62. The molecule has 3 atom stereocenters. The predicted octanol–water partition coefficient (Wildman–Crippen LogP) is 3.36. The van der Waals surface area contributed by atoms with Gasteiger partial charge in [0.05, 0.1) is 6.10 Å². The van der Waals surface area contributed by atoms with E-state index in [1.807, 2.05) is 0 Å². The van der Waals surface area contributed by atoms with Gasteiger partial charge in [-0.05, 0) is 32.2 Å². The highest BCUT2D eigenvalue weighted by Crippen LogP contribution is 2.45. The van der Waals surface area contributed by atoms with Crippen LogP contribution >= 0.6 is 0 Å². The fourth-order valence-corrected chi connectivity index (χ4v) is 2.55. The zero-order valence-corrected chi connectivity index (χ0v) is 11.5. The summed E-state index contributed by atoms with van der Waals surface area (Å²) in [7, 11) is 0. The largest absolute Gasteiger partial charge is 0.378 e. The Morgan fingerprint density at radius 2 is 2.00 bits per heavy atom. The molecule has 0 spiro atoms. The van der Waals surface area contributed by atoms with Crippen molar-refractivity contribution in [1.29, 1.82) is 0 Å². The number of nitrogens with one attached hydrogen (secondary N) is 1. The first-order valence-corrected chi connectivity index (χ1v) is 7.04. The second-order valence-corrected chi connectivity index (χ2v) is 5.31. The molecule has 0 aromatic carbocycles. The number of hydrogen-bond donors (Lipinski definition) is 1. The summed E-state index contributed by atoms with van der Waals surface area (Å²) in [5.41, 5.74) is 0.364. The van der Waals surface area contributed by atoms with E-state index in [9.17, 15) is 0 Å². The van der Waals surface area contributed by atoms with Crippen molar-refractivity contribution >= 4 is 0 Å². The topological polar surface area (TPSA) is 21.3 Å². The predicted molar refractivity (Wildman–Crippen MR) is 69.7 cm³/mol. The first-order valence-electron chi connectivity index (χ1n) is 7.04. The molecule has 0 aromatic heterocycles. The van der Waals surface area contributed by atoms with E-state index in [0.717, 1.165) is 13.2 Å². The zero-order chi connectivity index (χ0) is 12.0. The first kappa shape index (κ1) is 14.0. The second-order valence-electron chi connectivity index (χ2n) is 5.31.